The zero-order valence-corrected chi connectivity index (χ0v) is 12.1. The van der Waals surface area contributed by atoms with Gasteiger partial charge in [-0.15, -0.1) is 11.6 Å². The maximum atomic E-state index is 13.5. The SMILES string of the molecule is CC(Cl)c1ccccc1NC(=O)Cc1cccc(F)c1F. The number of carbonyl (C=O) groups is 1. The number of rotatable bonds is 4. The molecule has 0 aliphatic carbocycles. The summed E-state index contributed by atoms with van der Waals surface area (Å²) in [5.41, 5.74) is 1.36. The van der Waals surface area contributed by atoms with E-state index in [4.69, 9.17) is 11.6 Å². The molecule has 0 saturated carbocycles. The molecule has 0 heterocycles. The Labute approximate surface area is 126 Å². The van der Waals surface area contributed by atoms with Crippen molar-refractivity contribution in [2.45, 2.75) is 18.7 Å². The first-order valence-electron chi connectivity index (χ1n) is 6.44. The molecule has 0 radical (unpaired) electrons. The van der Waals surface area contributed by atoms with E-state index in [9.17, 15) is 13.6 Å². The van der Waals surface area contributed by atoms with Crippen LogP contribution in [0, 0.1) is 11.6 Å². The van der Waals surface area contributed by atoms with Gasteiger partial charge < -0.3 is 5.32 Å². The molecule has 0 saturated heterocycles. The fraction of sp³-hybridized carbons (Fsp3) is 0.188. The molecule has 1 unspecified atom stereocenters. The Morgan fingerprint density at radius 2 is 1.90 bits per heavy atom. The Bertz CT molecular complexity index is 658. The molecular weight excluding hydrogens is 296 g/mol. The van der Waals surface area contributed by atoms with Gasteiger partial charge in [0, 0.05) is 11.3 Å². The Kier molecular flexibility index (Phi) is 4.91. The standard InChI is InChI=1S/C16H14ClF2NO/c1-10(17)12-6-2-3-8-14(12)20-15(21)9-11-5-4-7-13(18)16(11)19/h2-8,10H,9H2,1H3,(H,20,21). The van der Waals surface area contributed by atoms with Gasteiger partial charge in [-0.3, -0.25) is 4.79 Å². The van der Waals surface area contributed by atoms with Crippen molar-refractivity contribution < 1.29 is 13.6 Å². The Balaban J connectivity index is 2.14. The van der Waals surface area contributed by atoms with Crippen LogP contribution in [-0.2, 0) is 11.2 Å². The number of alkyl halides is 1. The normalized spacial score (nSPS) is 12.0. The third-order valence-electron chi connectivity index (χ3n) is 3.05. The van der Waals surface area contributed by atoms with Gasteiger partial charge in [0.1, 0.15) is 0 Å². The van der Waals surface area contributed by atoms with Gasteiger partial charge in [0.05, 0.1) is 11.8 Å². The minimum atomic E-state index is -0.994. The third-order valence-corrected chi connectivity index (χ3v) is 3.28. The minimum Gasteiger partial charge on any atom is -0.325 e. The first-order chi connectivity index (χ1) is 9.99. The molecule has 0 spiro atoms. The van der Waals surface area contributed by atoms with Gasteiger partial charge in [0.15, 0.2) is 11.6 Å². The molecule has 1 N–H and O–H groups in total. The molecule has 2 nitrogen and oxygen atoms in total. The second-order valence-electron chi connectivity index (χ2n) is 4.64. The first kappa shape index (κ1) is 15.4. The summed E-state index contributed by atoms with van der Waals surface area (Å²) < 4.78 is 26.6. The van der Waals surface area contributed by atoms with Crippen LogP contribution >= 0.6 is 11.6 Å². The van der Waals surface area contributed by atoms with Crippen LogP contribution in [0.5, 0.6) is 0 Å². The fourth-order valence-electron chi connectivity index (χ4n) is 2.01. The second kappa shape index (κ2) is 6.68. The van der Waals surface area contributed by atoms with Crippen LogP contribution in [0.3, 0.4) is 0 Å². The molecule has 110 valence electrons. The fourth-order valence-corrected chi connectivity index (χ4v) is 2.20. The molecule has 5 heteroatoms. The number of benzene rings is 2. The second-order valence-corrected chi connectivity index (χ2v) is 5.30. The largest absolute Gasteiger partial charge is 0.325 e. The van der Waals surface area contributed by atoms with E-state index in [2.05, 4.69) is 5.32 Å². The van der Waals surface area contributed by atoms with E-state index in [1.165, 1.54) is 12.1 Å². The van der Waals surface area contributed by atoms with E-state index in [0.717, 1.165) is 11.6 Å². The zero-order chi connectivity index (χ0) is 15.4. The number of anilines is 1. The van der Waals surface area contributed by atoms with E-state index in [-0.39, 0.29) is 17.4 Å². The maximum Gasteiger partial charge on any atom is 0.228 e. The van der Waals surface area contributed by atoms with Crippen molar-refractivity contribution in [2.24, 2.45) is 0 Å². The number of nitrogens with one attached hydrogen (secondary N) is 1. The zero-order valence-electron chi connectivity index (χ0n) is 11.4. The van der Waals surface area contributed by atoms with Crippen molar-refractivity contribution in [2.75, 3.05) is 5.32 Å². The highest BCUT2D eigenvalue weighted by Crippen LogP contribution is 2.27. The summed E-state index contributed by atoms with van der Waals surface area (Å²) in [5.74, 6) is -2.38. The van der Waals surface area contributed by atoms with Gasteiger partial charge in [0.25, 0.3) is 0 Å². The van der Waals surface area contributed by atoms with Crippen LogP contribution in [0.25, 0.3) is 0 Å². The van der Waals surface area contributed by atoms with Crippen LogP contribution in [0.15, 0.2) is 42.5 Å². The lowest BCUT2D eigenvalue weighted by molar-refractivity contribution is -0.115. The predicted octanol–water partition coefficient (Wildman–Crippen LogP) is 4.45. The van der Waals surface area contributed by atoms with Gasteiger partial charge in [-0.2, -0.15) is 0 Å². The number of halogens is 3. The molecule has 2 rings (SSSR count). The number of hydrogen-bond acceptors (Lipinski definition) is 1. The molecular formula is C16H14ClF2NO. The molecule has 2 aromatic carbocycles. The van der Waals surface area contributed by atoms with Crippen molar-refractivity contribution in [3.63, 3.8) is 0 Å². The van der Waals surface area contributed by atoms with Gasteiger partial charge >= 0.3 is 0 Å². The van der Waals surface area contributed by atoms with Crippen molar-refractivity contribution in [3.05, 3.63) is 65.2 Å². The van der Waals surface area contributed by atoms with Crippen molar-refractivity contribution in [1.29, 1.82) is 0 Å². The summed E-state index contributed by atoms with van der Waals surface area (Å²) in [6.45, 7) is 1.79. The van der Waals surface area contributed by atoms with Crippen LogP contribution < -0.4 is 5.32 Å². The first-order valence-corrected chi connectivity index (χ1v) is 6.88. The topological polar surface area (TPSA) is 29.1 Å². The van der Waals surface area contributed by atoms with Crippen molar-refractivity contribution in [3.8, 4) is 0 Å². The summed E-state index contributed by atoms with van der Waals surface area (Å²) in [7, 11) is 0. The lowest BCUT2D eigenvalue weighted by Gasteiger charge is -2.12. The van der Waals surface area contributed by atoms with E-state index >= 15 is 0 Å². The van der Waals surface area contributed by atoms with E-state index in [1.807, 2.05) is 6.07 Å². The average molecular weight is 310 g/mol. The van der Waals surface area contributed by atoms with Gasteiger partial charge in [-0.25, -0.2) is 8.78 Å². The van der Waals surface area contributed by atoms with Gasteiger partial charge in [-0.1, -0.05) is 30.3 Å². The smallest absolute Gasteiger partial charge is 0.228 e. The molecule has 0 fully saturated rings. The molecule has 0 bridgehead atoms. The van der Waals surface area contributed by atoms with Gasteiger partial charge in [-0.05, 0) is 24.6 Å². The highest BCUT2D eigenvalue weighted by atomic mass is 35.5. The third kappa shape index (κ3) is 3.79. The van der Waals surface area contributed by atoms with E-state index in [1.54, 1.807) is 25.1 Å². The number of hydrogen-bond donors (Lipinski definition) is 1. The summed E-state index contributed by atoms with van der Waals surface area (Å²) in [6, 6.07) is 10.9. The predicted molar refractivity (Wildman–Crippen MR) is 79.4 cm³/mol. The van der Waals surface area contributed by atoms with E-state index in [0.29, 0.717) is 5.69 Å². The van der Waals surface area contributed by atoms with Crippen molar-refractivity contribution >= 4 is 23.2 Å². The summed E-state index contributed by atoms with van der Waals surface area (Å²) in [6.07, 6.45) is -0.241. The summed E-state index contributed by atoms with van der Waals surface area (Å²) >= 11 is 6.04. The Morgan fingerprint density at radius 1 is 1.19 bits per heavy atom. The molecule has 1 amide bonds. The van der Waals surface area contributed by atoms with Crippen LogP contribution in [0.4, 0.5) is 14.5 Å². The molecule has 21 heavy (non-hydrogen) atoms. The molecule has 0 aliphatic heterocycles. The lowest BCUT2D eigenvalue weighted by Crippen LogP contribution is -2.16. The van der Waals surface area contributed by atoms with Crippen LogP contribution in [-0.4, -0.2) is 5.91 Å². The highest BCUT2D eigenvalue weighted by Gasteiger charge is 2.14. The highest BCUT2D eigenvalue weighted by molar-refractivity contribution is 6.21. The van der Waals surface area contributed by atoms with Crippen LogP contribution in [0.2, 0.25) is 0 Å². The van der Waals surface area contributed by atoms with E-state index < -0.39 is 17.5 Å². The van der Waals surface area contributed by atoms with Gasteiger partial charge in [0.2, 0.25) is 5.91 Å². The minimum absolute atomic E-state index is 0.0175. The lowest BCUT2D eigenvalue weighted by atomic mass is 10.1. The molecule has 1 atom stereocenters. The summed E-state index contributed by atoms with van der Waals surface area (Å²) in [4.78, 5) is 12.0. The monoisotopic (exact) mass is 309 g/mol. The molecule has 0 aliphatic rings. The quantitative estimate of drug-likeness (QED) is 0.831. The average Bonchev–Trinajstić information content (AvgIpc) is 2.44. The Hall–Kier alpha value is -1.94. The van der Waals surface area contributed by atoms with Crippen LogP contribution in [0.1, 0.15) is 23.4 Å². The molecule has 2 aromatic rings. The van der Waals surface area contributed by atoms with Crippen molar-refractivity contribution in [1.82, 2.24) is 0 Å². The number of para-hydroxylation sites is 1. The number of amides is 1. The summed E-state index contributed by atoms with van der Waals surface area (Å²) in [5, 5.41) is 2.40. The maximum absolute atomic E-state index is 13.5. The Morgan fingerprint density at radius 3 is 2.62 bits per heavy atom. The molecule has 0 aromatic heterocycles. The number of carbonyl (C=O) groups excluding carboxylic acids is 1.